The lowest BCUT2D eigenvalue weighted by Gasteiger charge is -1.93. The number of benzene rings is 1. The van der Waals surface area contributed by atoms with E-state index < -0.39 is 0 Å². The summed E-state index contributed by atoms with van der Waals surface area (Å²) in [6, 6.07) is 7.92. The van der Waals surface area contributed by atoms with E-state index in [1.54, 1.807) is 0 Å². The Bertz CT molecular complexity index is 181. The van der Waals surface area contributed by atoms with Crippen LogP contribution < -0.4 is 6.15 Å². The van der Waals surface area contributed by atoms with E-state index in [0.29, 0.717) is 0 Å². The second-order valence-corrected chi connectivity index (χ2v) is 2.42. The fourth-order valence-corrected chi connectivity index (χ4v) is 0.846. The first-order valence-electron chi connectivity index (χ1n) is 3.07. The molecule has 0 amide bonds. The second-order valence-electron chi connectivity index (χ2n) is 1.98. The molecule has 56 valence electrons. The summed E-state index contributed by atoms with van der Waals surface area (Å²) in [5.74, 6) is 0. The molecular formula is C8H12ClN. The fourth-order valence-electron chi connectivity index (χ4n) is 0.720. The highest BCUT2D eigenvalue weighted by atomic mass is 35.5. The molecule has 0 fully saturated rings. The summed E-state index contributed by atoms with van der Waals surface area (Å²) < 4.78 is 0. The number of aryl methyl sites for hydroxylation is 1. The lowest BCUT2D eigenvalue weighted by atomic mass is 10.2. The van der Waals surface area contributed by atoms with Crippen LogP contribution in [0.3, 0.4) is 0 Å². The molecule has 0 heterocycles. The lowest BCUT2D eigenvalue weighted by Crippen LogP contribution is -1.75. The van der Waals surface area contributed by atoms with Crippen molar-refractivity contribution >= 4 is 11.6 Å². The highest BCUT2D eigenvalue weighted by Crippen LogP contribution is 2.09. The van der Waals surface area contributed by atoms with Gasteiger partial charge in [-0.3, -0.25) is 0 Å². The minimum Gasteiger partial charge on any atom is -0.344 e. The molecule has 0 unspecified atom stereocenters. The number of rotatable bonds is 1. The maximum atomic E-state index is 5.67. The molecule has 3 N–H and O–H groups in total. The third-order valence-electron chi connectivity index (χ3n) is 1.32. The summed E-state index contributed by atoms with van der Waals surface area (Å²) in [5, 5.41) is 0.812. The van der Waals surface area contributed by atoms with Crippen LogP contribution in [0, 0.1) is 0 Å². The molecule has 0 spiro atoms. The van der Waals surface area contributed by atoms with Gasteiger partial charge in [0.2, 0.25) is 0 Å². The number of halogens is 1. The van der Waals surface area contributed by atoms with Crippen molar-refractivity contribution in [1.82, 2.24) is 6.15 Å². The Balaban J connectivity index is 0.000000810. The standard InChI is InChI=1S/C8H9Cl.H3N/c1-2-7-3-5-8(9)6-4-7;/h3-6H,2H2,1H3;1H3. The van der Waals surface area contributed by atoms with Crippen molar-refractivity contribution in [2.24, 2.45) is 0 Å². The van der Waals surface area contributed by atoms with Crippen molar-refractivity contribution in [3.8, 4) is 0 Å². The quantitative estimate of drug-likeness (QED) is 0.668. The summed E-state index contributed by atoms with van der Waals surface area (Å²) in [5.41, 5.74) is 1.33. The normalized spacial score (nSPS) is 8.60. The summed E-state index contributed by atoms with van der Waals surface area (Å²) in [7, 11) is 0. The van der Waals surface area contributed by atoms with Crippen LogP contribution in [0.2, 0.25) is 5.02 Å². The number of hydrogen-bond donors (Lipinski definition) is 1. The van der Waals surface area contributed by atoms with E-state index in [9.17, 15) is 0 Å². The molecule has 0 radical (unpaired) electrons. The van der Waals surface area contributed by atoms with Gasteiger partial charge in [-0.2, -0.15) is 0 Å². The van der Waals surface area contributed by atoms with E-state index in [4.69, 9.17) is 11.6 Å². The Morgan fingerprint density at radius 3 is 2.10 bits per heavy atom. The van der Waals surface area contributed by atoms with Crippen molar-refractivity contribution in [3.63, 3.8) is 0 Å². The van der Waals surface area contributed by atoms with Crippen molar-refractivity contribution < 1.29 is 0 Å². The molecule has 1 aromatic carbocycles. The number of hydrogen-bond acceptors (Lipinski definition) is 1. The molecule has 1 rings (SSSR count). The fraction of sp³-hybridized carbons (Fsp3) is 0.250. The Hall–Kier alpha value is -0.530. The molecule has 1 aromatic rings. The molecule has 0 atom stereocenters. The van der Waals surface area contributed by atoms with Crippen LogP contribution in [0.15, 0.2) is 24.3 Å². The van der Waals surface area contributed by atoms with Gasteiger partial charge in [0.1, 0.15) is 0 Å². The Morgan fingerprint density at radius 1 is 1.20 bits per heavy atom. The summed E-state index contributed by atoms with van der Waals surface area (Å²) >= 11 is 5.67. The van der Waals surface area contributed by atoms with Crippen LogP contribution in [0.1, 0.15) is 12.5 Å². The molecule has 0 saturated carbocycles. The van der Waals surface area contributed by atoms with Crippen molar-refractivity contribution in [2.75, 3.05) is 0 Å². The zero-order chi connectivity index (χ0) is 6.69. The van der Waals surface area contributed by atoms with Gasteiger partial charge in [0.15, 0.2) is 0 Å². The van der Waals surface area contributed by atoms with E-state index in [-0.39, 0.29) is 6.15 Å². The topological polar surface area (TPSA) is 35.0 Å². The Morgan fingerprint density at radius 2 is 1.70 bits per heavy atom. The summed E-state index contributed by atoms with van der Waals surface area (Å²) in [6.07, 6.45) is 1.08. The Kier molecular flexibility index (Phi) is 4.08. The van der Waals surface area contributed by atoms with E-state index >= 15 is 0 Å². The largest absolute Gasteiger partial charge is 0.344 e. The van der Waals surface area contributed by atoms with Crippen LogP contribution in [0.5, 0.6) is 0 Å². The minimum atomic E-state index is 0. The highest BCUT2D eigenvalue weighted by molar-refractivity contribution is 6.30. The van der Waals surface area contributed by atoms with E-state index in [1.807, 2.05) is 24.3 Å². The molecule has 1 nitrogen and oxygen atoms in total. The molecule has 0 aliphatic rings. The first-order valence-corrected chi connectivity index (χ1v) is 3.45. The average molecular weight is 158 g/mol. The molecule has 2 heteroatoms. The van der Waals surface area contributed by atoms with Crippen molar-refractivity contribution in [3.05, 3.63) is 34.9 Å². The van der Waals surface area contributed by atoms with Gasteiger partial charge in [-0.25, -0.2) is 0 Å². The van der Waals surface area contributed by atoms with Gasteiger partial charge in [-0.15, -0.1) is 0 Å². The van der Waals surface area contributed by atoms with Gasteiger partial charge in [0, 0.05) is 5.02 Å². The van der Waals surface area contributed by atoms with E-state index in [0.717, 1.165) is 11.4 Å². The van der Waals surface area contributed by atoms with Crippen LogP contribution in [0.25, 0.3) is 0 Å². The molecule has 10 heavy (non-hydrogen) atoms. The van der Waals surface area contributed by atoms with Gasteiger partial charge < -0.3 is 6.15 Å². The molecule has 0 aliphatic carbocycles. The van der Waals surface area contributed by atoms with Crippen LogP contribution in [-0.2, 0) is 6.42 Å². The van der Waals surface area contributed by atoms with Crippen molar-refractivity contribution in [1.29, 1.82) is 0 Å². The summed E-state index contributed by atoms with van der Waals surface area (Å²) in [6.45, 7) is 2.13. The predicted octanol–water partition coefficient (Wildman–Crippen LogP) is 3.06. The first kappa shape index (κ1) is 9.47. The maximum absolute atomic E-state index is 5.67. The molecule has 0 aromatic heterocycles. The molecule has 0 aliphatic heterocycles. The highest BCUT2D eigenvalue weighted by Gasteiger charge is 1.86. The van der Waals surface area contributed by atoms with Gasteiger partial charge >= 0.3 is 0 Å². The third-order valence-corrected chi connectivity index (χ3v) is 1.57. The first-order chi connectivity index (χ1) is 4.33. The second kappa shape index (κ2) is 4.31. The van der Waals surface area contributed by atoms with Gasteiger partial charge in [-0.05, 0) is 24.1 Å². The zero-order valence-corrected chi connectivity index (χ0v) is 6.86. The SMILES string of the molecule is CCc1ccc(Cl)cc1.N. The van der Waals surface area contributed by atoms with E-state index in [2.05, 4.69) is 6.92 Å². The van der Waals surface area contributed by atoms with Crippen molar-refractivity contribution in [2.45, 2.75) is 13.3 Å². The molecule has 0 saturated heterocycles. The zero-order valence-electron chi connectivity index (χ0n) is 6.10. The maximum Gasteiger partial charge on any atom is 0.0406 e. The van der Waals surface area contributed by atoms with Crippen LogP contribution in [0.4, 0.5) is 0 Å². The third kappa shape index (κ3) is 2.38. The minimum absolute atomic E-state index is 0. The monoisotopic (exact) mass is 157 g/mol. The van der Waals surface area contributed by atoms with Crippen LogP contribution >= 0.6 is 11.6 Å². The van der Waals surface area contributed by atoms with Gasteiger partial charge in [-0.1, -0.05) is 30.7 Å². The Labute approximate surface area is 66.6 Å². The smallest absolute Gasteiger partial charge is 0.0406 e. The van der Waals surface area contributed by atoms with Gasteiger partial charge in [0.25, 0.3) is 0 Å². The van der Waals surface area contributed by atoms with Gasteiger partial charge in [0.05, 0.1) is 0 Å². The molecular weight excluding hydrogens is 146 g/mol. The average Bonchev–Trinajstić information content (AvgIpc) is 1.90. The summed E-state index contributed by atoms with van der Waals surface area (Å²) in [4.78, 5) is 0. The van der Waals surface area contributed by atoms with E-state index in [1.165, 1.54) is 5.56 Å². The van der Waals surface area contributed by atoms with Crippen LogP contribution in [-0.4, -0.2) is 0 Å². The molecule has 0 bridgehead atoms. The predicted molar refractivity (Wildman–Crippen MR) is 45.9 cm³/mol. The lowest BCUT2D eigenvalue weighted by molar-refractivity contribution is 1.14.